The van der Waals surface area contributed by atoms with Gasteiger partial charge in [0.05, 0.1) is 5.75 Å². The van der Waals surface area contributed by atoms with Crippen LogP contribution in [-0.4, -0.2) is 54.1 Å². The second-order valence-corrected chi connectivity index (χ2v) is 7.73. The van der Waals surface area contributed by atoms with Crippen molar-refractivity contribution in [2.75, 3.05) is 18.8 Å². The minimum Gasteiger partial charge on any atom is -0.481 e. The monoisotopic (exact) mass is 306 g/mol. The lowest BCUT2D eigenvalue weighted by Crippen LogP contribution is -2.44. The van der Waals surface area contributed by atoms with E-state index < -0.39 is 21.5 Å². The van der Waals surface area contributed by atoms with E-state index in [0.29, 0.717) is 19.4 Å². The first-order valence-electron chi connectivity index (χ1n) is 6.63. The van der Waals surface area contributed by atoms with Gasteiger partial charge in [0.1, 0.15) is 0 Å². The Hall–Kier alpha value is -1.15. The summed E-state index contributed by atoms with van der Waals surface area (Å²) in [6.07, 6.45) is 1.01. The molecule has 7 nitrogen and oxygen atoms in total. The van der Waals surface area contributed by atoms with Gasteiger partial charge in [-0.1, -0.05) is 0 Å². The first-order chi connectivity index (χ1) is 9.12. The van der Waals surface area contributed by atoms with E-state index in [-0.39, 0.29) is 31.0 Å². The van der Waals surface area contributed by atoms with Crippen LogP contribution in [0.2, 0.25) is 0 Å². The van der Waals surface area contributed by atoms with Crippen LogP contribution in [-0.2, 0) is 19.6 Å². The van der Waals surface area contributed by atoms with E-state index in [4.69, 9.17) is 5.11 Å². The highest BCUT2D eigenvalue weighted by Gasteiger charge is 2.29. The Morgan fingerprint density at radius 1 is 1.30 bits per heavy atom. The standard InChI is InChI=1S/C12H22N2O5S/c1-12(2,6-4-11(16)17)13-10(15)5-8-14-7-3-9-20(14,18)19/h3-9H2,1-2H3,(H,13,15)(H,16,17). The fraction of sp³-hybridized carbons (Fsp3) is 0.833. The summed E-state index contributed by atoms with van der Waals surface area (Å²) >= 11 is 0. The number of carboxylic acids is 1. The SMILES string of the molecule is CC(C)(CCC(=O)O)NC(=O)CCN1CCCS1(=O)=O. The fourth-order valence-electron chi connectivity index (χ4n) is 2.09. The third-order valence-electron chi connectivity index (χ3n) is 3.23. The molecule has 1 amide bonds. The van der Waals surface area contributed by atoms with Gasteiger partial charge in [-0.3, -0.25) is 9.59 Å². The molecule has 1 fully saturated rings. The molecule has 0 aliphatic carbocycles. The van der Waals surface area contributed by atoms with Crippen LogP contribution in [0.4, 0.5) is 0 Å². The molecular weight excluding hydrogens is 284 g/mol. The van der Waals surface area contributed by atoms with Crippen LogP contribution in [0.5, 0.6) is 0 Å². The third-order valence-corrected chi connectivity index (χ3v) is 5.19. The van der Waals surface area contributed by atoms with E-state index in [1.54, 1.807) is 13.8 Å². The van der Waals surface area contributed by atoms with Crippen LogP contribution in [0, 0.1) is 0 Å². The molecule has 1 saturated heterocycles. The zero-order valence-corrected chi connectivity index (χ0v) is 12.7. The molecule has 0 spiro atoms. The molecular formula is C12H22N2O5S. The van der Waals surface area contributed by atoms with Gasteiger partial charge in [-0.15, -0.1) is 0 Å². The molecule has 0 atom stereocenters. The summed E-state index contributed by atoms with van der Waals surface area (Å²) in [5.74, 6) is -1.02. The molecule has 1 heterocycles. The molecule has 0 aromatic carbocycles. The Morgan fingerprint density at radius 2 is 1.95 bits per heavy atom. The molecule has 1 aliphatic rings. The molecule has 0 saturated carbocycles. The van der Waals surface area contributed by atoms with Gasteiger partial charge in [-0.2, -0.15) is 0 Å². The molecule has 1 rings (SSSR count). The summed E-state index contributed by atoms with van der Waals surface area (Å²) in [5, 5.41) is 11.4. The molecule has 116 valence electrons. The van der Waals surface area contributed by atoms with Crippen molar-refractivity contribution >= 4 is 21.9 Å². The van der Waals surface area contributed by atoms with Crippen LogP contribution >= 0.6 is 0 Å². The van der Waals surface area contributed by atoms with Crippen molar-refractivity contribution in [2.45, 2.75) is 45.1 Å². The lowest BCUT2D eigenvalue weighted by Gasteiger charge is -2.26. The van der Waals surface area contributed by atoms with Gasteiger partial charge < -0.3 is 10.4 Å². The van der Waals surface area contributed by atoms with Crippen molar-refractivity contribution < 1.29 is 23.1 Å². The number of rotatable bonds is 7. The van der Waals surface area contributed by atoms with Crippen LogP contribution in [0.3, 0.4) is 0 Å². The molecule has 8 heteroatoms. The van der Waals surface area contributed by atoms with Gasteiger partial charge >= 0.3 is 5.97 Å². The number of carbonyl (C=O) groups is 2. The summed E-state index contributed by atoms with van der Waals surface area (Å²) in [7, 11) is -3.17. The largest absolute Gasteiger partial charge is 0.481 e. The van der Waals surface area contributed by atoms with Crippen molar-refractivity contribution in [2.24, 2.45) is 0 Å². The number of carboxylic acid groups (broad SMARTS) is 1. The lowest BCUT2D eigenvalue weighted by atomic mass is 9.98. The van der Waals surface area contributed by atoms with Gasteiger partial charge in [0.15, 0.2) is 0 Å². The predicted molar refractivity (Wildman–Crippen MR) is 73.7 cm³/mol. The molecule has 2 N–H and O–H groups in total. The maximum atomic E-state index is 11.8. The molecule has 0 bridgehead atoms. The maximum absolute atomic E-state index is 11.8. The topological polar surface area (TPSA) is 104 Å². The van der Waals surface area contributed by atoms with Crippen molar-refractivity contribution in [3.05, 3.63) is 0 Å². The summed E-state index contributed by atoms with van der Waals surface area (Å²) < 4.78 is 24.5. The number of nitrogens with one attached hydrogen (secondary N) is 1. The average molecular weight is 306 g/mol. The summed E-state index contributed by atoms with van der Waals surface area (Å²) in [4.78, 5) is 22.3. The van der Waals surface area contributed by atoms with Crippen LogP contribution in [0.1, 0.15) is 39.5 Å². The van der Waals surface area contributed by atoms with E-state index in [2.05, 4.69) is 5.32 Å². The first-order valence-corrected chi connectivity index (χ1v) is 8.24. The molecule has 20 heavy (non-hydrogen) atoms. The Kier molecular flexibility index (Phi) is 5.52. The zero-order chi connectivity index (χ0) is 15.4. The highest BCUT2D eigenvalue weighted by molar-refractivity contribution is 7.89. The van der Waals surface area contributed by atoms with Crippen molar-refractivity contribution in [1.29, 1.82) is 0 Å². The highest BCUT2D eigenvalue weighted by Crippen LogP contribution is 2.14. The lowest BCUT2D eigenvalue weighted by molar-refractivity contribution is -0.137. The number of hydrogen-bond acceptors (Lipinski definition) is 4. The number of hydrogen-bond donors (Lipinski definition) is 2. The van der Waals surface area contributed by atoms with E-state index in [9.17, 15) is 18.0 Å². The molecule has 0 aromatic rings. The Morgan fingerprint density at radius 3 is 2.45 bits per heavy atom. The number of carbonyl (C=O) groups excluding carboxylic acids is 1. The number of aliphatic carboxylic acids is 1. The molecule has 0 radical (unpaired) electrons. The van der Waals surface area contributed by atoms with E-state index in [0.717, 1.165) is 0 Å². The van der Waals surface area contributed by atoms with Gasteiger partial charge in [0, 0.05) is 31.5 Å². The molecule has 1 aliphatic heterocycles. The Balaban J connectivity index is 2.38. The summed E-state index contributed by atoms with van der Waals surface area (Å²) in [6.45, 7) is 4.15. The van der Waals surface area contributed by atoms with Gasteiger partial charge in [-0.05, 0) is 26.7 Å². The van der Waals surface area contributed by atoms with Crippen LogP contribution in [0.25, 0.3) is 0 Å². The van der Waals surface area contributed by atoms with Crippen LogP contribution < -0.4 is 5.32 Å². The van der Waals surface area contributed by atoms with Crippen molar-refractivity contribution in [1.82, 2.24) is 9.62 Å². The number of nitrogens with zero attached hydrogens (tertiary/aromatic N) is 1. The van der Waals surface area contributed by atoms with Crippen molar-refractivity contribution in [3.8, 4) is 0 Å². The van der Waals surface area contributed by atoms with Crippen LogP contribution in [0.15, 0.2) is 0 Å². The smallest absolute Gasteiger partial charge is 0.303 e. The summed E-state index contributed by atoms with van der Waals surface area (Å²) in [5.41, 5.74) is -0.612. The van der Waals surface area contributed by atoms with E-state index >= 15 is 0 Å². The molecule has 0 aromatic heterocycles. The number of sulfonamides is 1. The third kappa shape index (κ3) is 5.46. The average Bonchev–Trinajstić information content (AvgIpc) is 2.63. The van der Waals surface area contributed by atoms with Gasteiger partial charge in [-0.25, -0.2) is 12.7 Å². The quantitative estimate of drug-likeness (QED) is 0.698. The minimum absolute atomic E-state index is 0.0201. The minimum atomic E-state index is -3.17. The van der Waals surface area contributed by atoms with Gasteiger partial charge in [0.2, 0.25) is 15.9 Å². The normalized spacial score (nSPS) is 18.9. The van der Waals surface area contributed by atoms with E-state index in [1.807, 2.05) is 0 Å². The zero-order valence-electron chi connectivity index (χ0n) is 11.9. The summed E-state index contributed by atoms with van der Waals surface area (Å²) in [6, 6.07) is 0. The Bertz CT molecular complexity index is 472. The van der Waals surface area contributed by atoms with Gasteiger partial charge in [0.25, 0.3) is 0 Å². The number of amides is 1. The first kappa shape index (κ1) is 16.9. The second-order valence-electron chi connectivity index (χ2n) is 5.64. The fourth-order valence-corrected chi connectivity index (χ4v) is 3.62. The maximum Gasteiger partial charge on any atom is 0.303 e. The second kappa shape index (κ2) is 6.53. The van der Waals surface area contributed by atoms with Crippen molar-refractivity contribution in [3.63, 3.8) is 0 Å². The predicted octanol–water partition coefficient (Wildman–Crippen LogP) is 0.172. The van der Waals surface area contributed by atoms with E-state index in [1.165, 1.54) is 4.31 Å². The highest BCUT2D eigenvalue weighted by atomic mass is 32.2. The Labute approximate surface area is 119 Å². The molecule has 0 unspecified atom stereocenters.